The van der Waals surface area contributed by atoms with E-state index in [1.165, 1.54) is 0 Å². The quantitative estimate of drug-likeness (QED) is 0.578. The van der Waals surface area contributed by atoms with E-state index in [0.29, 0.717) is 12.2 Å². The van der Waals surface area contributed by atoms with Crippen LogP contribution in [0, 0.1) is 18.3 Å². The first-order valence-corrected chi connectivity index (χ1v) is 3.20. The molecule has 0 aliphatic rings. The topological polar surface area (TPSA) is 54.5 Å². The molecule has 0 N–H and O–H groups in total. The van der Waals surface area contributed by atoms with Crippen molar-refractivity contribution in [1.29, 1.82) is 5.26 Å². The molecular weight excluding hydrogens is 140 g/mol. The fourth-order valence-corrected chi connectivity index (χ4v) is 0.759. The molecular formula is C7H8N4. The van der Waals surface area contributed by atoms with E-state index in [9.17, 15) is 0 Å². The van der Waals surface area contributed by atoms with Crippen molar-refractivity contribution >= 4 is 0 Å². The molecule has 0 atom stereocenters. The second kappa shape index (κ2) is 2.97. The lowest BCUT2D eigenvalue weighted by Crippen LogP contribution is -1.99. The molecule has 0 saturated heterocycles. The van der Waals surface area contributed by atoms with Gasteiger partial charge in [0.1, 0.15) is 6.07 Å². The zero-order valence-electron chi connectivity index (χ0n) is 6.28. The smallest absolute Gasteiger partial charge is 0.185 e. The van der Waals surface area contributed by atoms with E-state index in [-0.39, 0.29) is 0 Å². The third kappa shape index (κ3) is 1.27. The third-order valence-electron chi connectivity index (χ3n) is 1.39. The van der Waals surface area contributed by atoms with Crippen LogP contribution in [0.2, 0.25) is 0 Å². The first-order chi connectivity index (χ1) is 5.29. The lowest BCUT2D eigenvalue weighted by atomic mass is 10.4. The molecule has 0 spiro atoms. The highest BCUT2D eigenvalue weighted by Gasteiger charge is 2.04. The Morgan fingerprint density at radius 1 is 1.82 bits per heavy atom. The van der Waals surface area contributed by atoms with E-state index in [1.54, 1.807) is 10.8 Å². The molecule has 11 heavy (non-hydrogen) atoms. The minimum atomic E-state index is 0.381. The summed E-state index contributed by atoms with van der Waals surface area (Å²) in [6.07, 6.45) is 1.71. The molecule has 1 rings (SSSR count). The van der Waals surface area contributed by atoms with Crippen molar-refractivity contribution in [3.63, 3.8) is 0 Å². The van der Waals surface area contributed by atoms with Crippen LogP contribution in [-0.4, -0.2) is 15.0 Å². The molecule has 0 aromatic carbocycles. The minimum Gasteiger partial charge on any atom is -0.244 e. The van der Waals surface area contributed by atoms with Gasteiger partial charge >= 0.3 is 0 Å². The average Bonchev–Trinajstić information content (AvgIpc) is 2.34. The van der Waals surface area contributed by atoms with Crippen LogP contribution in [0.4, 0.5) is 0 Å². The molecule has 4 heteroatoms. The second-order valence-corrected chi connectivity index (χ2v) is 2.11. The van der Waals surface area contributed by atoms with Gasteiger partial charge in [-0.1, -0.05) is 11.3 Å². The first-order valence-electron chi connectivity index (χ1n) is 3.20. The van der Waals surface area contributed by atoms with E-state index in [0.717, 1.165) is 5.69 Å². The van der Waals surface area contributed by atoms with Crippen molar-refractivity contribution in [2.75, 3.05) is 0 Å². The Hall–Kier alpha value is -1.63. The Labute approximate surface area is 64.8 Å². The standard InChI is InChI=1S/C7H8N4/c1-3-4-11-6(2)7(5-8)9-10-11/h3H,1,4H2,2H3. The Bertz CT molecular complexity index is 305. The highest BCUT2D eigenvalue weighted by molar-refractivity contribution is 5.23. The zero-order valence-corrected chi connectivity index (χ0v) is 6.28. The molecule has 1 aromatic heterocycles. The van der Waals surface area contributed by atoms with Crippen molar-refractivity contribution in [2.45, 2.75) is 13.5 Å². The molecule has 0 bridgehead atoms. The van der Waals surface area contributed by atoms with Crippen LogP contribution in [0.5, 0.6) is 0 Å². The van der Waals surface area contributed by atoms with Gasteiger partial charge < -0.3 is 0 Å². The maximum absolute atomic E-state index is 8.51. The van der Waals surface area contributed by atoms with E-state index < -0.39 is 0 Å². The molecule has 0 radical (unpaired) electrons. The van der Waals surface area contributed by atoms with Gasteiger partial charge in [-0.05, 0) is 6.92 Å². The molecule has 56 valence electrons. The Morgan fingerprint density at radius 3 is 3.00 bits per heavy atom. The van der Waals surface area contributed by atoms with Gasteiger partial charge in [-0.3, -0.25) is 0 Å². The minimum absolute atomic E-state index is 0.381. The van der Waals surface area contributed by atoms with Crippen molar-refractivity contribution in [1.82, 2.24) is 15.0 Å². The summed E-state index contributed by atoms with van der Waals surface area (Å²) in [4.78, 5) is 0. The SMILES string of the molecule is C=CCn1nnc(C#N)c1C. The number of nitrogens with zero attached hydrogens (tertiary/aromatic N) is 4. The monoisotopic (exact) mass is 148 g/mol. The van der Waals surface area contributed by atoms with Gasteiger partial charge in [0.25, 0.3) is 0 Å². The largest absolute Gasteiger partial charge is 0.244 e. The second-order valence-electron chi connectivity index (χ2n) is 2.11. The summed E-state index contributed by atoms with van der Waals surface area (Å²) in [5.74, 6) is 0. The molecule has 1 aromatic rings. The zero-order chi connectivity index (χ0) is 8.27. The molecule has 0 aliphatic carbocycles. The van der Waals surface area contributed by atoms with Gasteiger partial charge in [-0.15, -0.1) is 11.7 Å². The Morgan fingerprint density at radius 2 is 2.55 bits per heavy atom. The number of hydrogen-bond acceptors (Lipinski definition) is 3. The van der Waals surface area contributed by atoms with Gasteiger partial charge in [0.2, 0.25) is 0 Å². The average molecular weight is 148 g/mol. The van der Waals surface area contributed by atoms with Gasteiger partial charge in [-0.2, -0.15) is 5.26 Å². The van der Waals surface area contributed by atoms with E-state index >= 15 is 0 Å². The molecule has 0 aliphatic heterocycles. The fourth-order valence-electron chi connectivity index (χ4n) is 0.759. The predicted molar refractivity (Wildman–Crippen MR) is 39.7 cm³/mol. The van der Waals surface area contributed by atoms with Crippen molar-refractivity contribution in [3.05, 3.63) is 24.0 Å². The highest BCUT2D eigenvalue weighted by atomic mass is 15.4. The van der Waals surface area contributed by atoms with Crippen molar-refractivity contribution in [3.8, 4) is 6.07 Å². The van der Waals surface area contributed by atoms with Crippen LogP contribution < -0.4 is 0 Å². The van der Waals surface area contributed by atoms with Crippen LogP contribution in [0.15, 0.2) is 12.7 Å². The van der Waals surface area contributed by atoms with Gasteiger partial charge in [0.05, 0.1) is 12.2 Å². The fraction of sp³-hybridized carbons (Fsp3) is 0.286. The summed E-state index contributed by atoms with van der Waals surface area (Å²) in [5.41, 5.74) is 1.17. The third-order valence-corrected chi connectivity index (χ3v) is 1.39. The molecule has 0 unspecified atom stereocenters. The maximum atomic E-state index is 8.51. The maximum Gasteiger partial charge on any atom is 0.185 e. The lowest BCUT2D eigenvalue weighted by molar-refractivity contribution is 0.645. The number of hydrogen-bond donors (Lipinski definition) is 0. The van der Waals surface area contributed by atoms with Crippen LogP contribution in [0.3, 0.4) is 0 Å². The summed E-state index contributed by atoms with van der Waals surface area (Å²) >= 11 is 0. The van der Waals surface area contributed by atoms with E-state index in [2.05, 4.69) is 16.9 Å². The summed E-state index contributed by atoms with van der Waals surface area (Å²) in [5, 5.41) is 15.9. The number of aromatic nitrogens is 3. The van der Waals surface area contributed by atoms with Gasteiger partial charge in [-0.25, -0.2) is 4.68 Å². The van der Waals surface area contributed by atoms with E-state index in [1.807, 2.05) is 13.0 Å². The number of nitriles is 1. The predicted octanol–water partition coefficient (Wildman–Crippen LogP) is 0.644. The summed E-state index contributed by atoms with van der Waals surface area (Å²) in [6, 6.07) is 1.95. The van der Waals surface area contributed by atoms with Crippen molar-refractivity contribution in [2.24, 2.45) is 0 Å². The van der Waals surface area contributed by atoms with Gasteiger partial charge in [0, 0.05) is 0 Å². The summed E-state index contributed by atoms with van der Waals surface area (Å²) < 4.78 is 1.63. The molecule has 0 saturated carbocycles. The highest BCUT2D eigenvalue weighted by Crippen LogP contribution is 2.00. The Kier molecular flexibility index (Phi) is 2.02. The number of rotatable bonds is 2. The first kappa shape index (κ1) is 7.48. The van der Waals surface area contributed by atoms with Gasteiger partial charge in [0.15, 0.2) is 5.69 Å². The van der Waals surface area contributed by atoms with E-state index in [4.69, 9.17) is 5.26 Å². The summed E-state index contributed by atoms with van der Waals surface area (Å²) in [7, 11) is 0. The molecule has 0 fully saturated rings. The normalized spacial score (nSPS) is 9.09. The Balaban J connectivity index is 3.02. The molecule has 0 amide bonds. The number of allylic oxidation sites excluding steroid dienone is 1. The molecule has 4 nitrogen and oxygen atoms in total. The lowest BCUT2D eigenvalue weighted by Gasteiger charge is -1.94. The van der Waals surface area contributed by atoms with Crippen molar-refractivity contribution < 1.29 is 0 Å². The van der Waals surface area contributed by atoms with Crippen LogP contribution >= 0.6 is 0 Å². The summed E-state index contributed by atoms with van der Waals surface area (Å²) in [6.45, 7) is 5.97. The van der Waals surface area contributed by atoms with Crippen LogP contribution in [0.1, 0.15) is 11.4 Å². The molecule has 1 heterocycles. The van der Waals surface area contributed by atoms with Crippen LogP contribution in [-0.2, 0) is 6.54 Å². The van der Waals surface area contributed by atoms with Crippen LogP contribution in [0.25, 0.3) is 0 Å².